The highest BCUT2D eigenvalue weighted by molar-refractivity contribution is 5.98. The lowest BCUT2D eigenvalue weighted by atomic mass is 10.1. The second-order valence-electron chi connectivity index (χ2n) is 9.10. The van der Waals surface area contributed by atoms with Crippen molar-refractivity contribution in [3.8, 4) is 0 Å². The predicted molar refractivity (Wildman–Crippen MR) is 117 cm³/mol. The Bertz CT molecular complexity index is 861. The minimum absolute atomic E-state index is 0.198. The van der Waals surface area contributed by atoms with Crippen LogP contribution in [0, 0.1) is 0 Å². The summed E-state index contributed by atoms with van der Waals surface area (Å²) >= 11 is 0. The number of piperazine rings is 1. The molecule has 0 bridgehead atoms. The first-order valence-corrected chi connectivity index (χ1v) is 11.6. The molecule has 1 unspecified atom stereocenters. The van der Waals surface area contributed by atoms with Crippen LogP contribution in [0.3, 0.4) is 0 Å². The van der Waals surface area contributed by atoms with E-state index in [2.05, 4.69) is 50.6 Å². The standard InChI is InChI=1S/C24H34N4O/c1-2-25-11-10-22(18-25)28-12-9-19-17-20(7-8-23(19)28)24(29)27-15-13-26(14-16-27)21-5-3-4-6-21/h7-9,12,17,21-22H,2-6,10-11,13-16,18H2,1H3. The molecule has 1 aliphatic carbocycles. The van der Waals surface area contributed by atoms with Crippen LogP contribution in [0.2, 0.25) is 0 Å². The fourth-order valence-electron chi connectivity index (χ4n) is 5.68. The highest BCUT2D eigenvalue weighted by Crippen LogP contribution is 2.28. The molecule has 3 heterocycles. The molecule has 0 N–H and O–H groups in total. The van der Waals surface area contributed by atoms with E-state index in [0.717, 1.165) is 50.9 Å². The van der Waals surface area contributed by atoms with Gasteiger partial charge in [-0.25, -0.2) is 0 Å². The summed E-state index contributed by atoms with van der Waals surface area (Å²) in [6.07, 6.45) is 8.87. The molecule has 2 aromatic rings. The number of hydrogen-bond acceptors (Lipinski definition) is 3. The van der Waals surface area contributed by atoms with Gasteiger partial charge in [0.15, 0.2) is 0 Å². The van der Waals surface area contributed by atoms with Gasteiger partial charge in [-0.2, -0.15) is 0 Å². The summed E-state index contributed by atoms with van der Waals surface area (Å²) in [5.41, 5.74) is 2.10. The molecule has 5 nitrogen and oxygen atoms in total. The molecule has 1 aromatic heterocycles. The van der Waals surface area contributed by atoms with Gasteiger partial charge in [0, 0.05) is 74.0 Å². The summed E-state index contributed by atoms with van der Waals surface area (Å²) in [6, 6.07) is 9.80. The molecule has 1 amide bonds. The van der Waals surface area contributed by atoms with Gasteiger partial charge in [-0.05, 0) is 50.1 Å². The zero-order valence-corrected chi connectivity index (χ0v) is 17.7. The molecule has 3 fully saturated rings. The average Bonchev–Trinajstić information content (AvgIpc) is 3.53. The van der Waals surface area contributed by atoms with Gasteiger partial charge in [-0.1, -0.05) is 19.8 Å². The maximum absolute atomic E-state index is 13.1. The topological polar surface area (TPSA) is 31.7 Å². The summed E-state index contributed by atoms with van der Waals surface area (Å²) < 4.78 is 2.42. The Labute approximate surface area is 174 Å². The second kappa shape index (κ2) is 8.11. The van der Waals surface area contributed by atoms with Crippen LogP contribution in [0.15, 0.2) is 30.5 Å². The van der Waals surface area contributed by atoms with Crippen molar-refractivity contribution in [2.24, 2.45) is 0 Å². The summed E-state index contributed by atoms with van der Waals surface area (Å²) in [5, 5.41) is 1.19. The molecule has 2 aliphatic heterocycles. The molecule has 5 rings (SSSR count). The van der Waals surface area contributed by atoms with Gasteiger partial charge >= 0.3 is 0 Å². The smallest absolute Gasteiger partial charge is 0.253 e. The van der Waals surface area contributed by atoms with E-state index in [-0.39, 0.29) is 5.91 Å². The number of carbonyl (C=O) groups excluding carboxylic acids is 1. The van der Waals surface area contributed by atoms with E-state index in [1.54, 1.807) is 0 Å². The number of fused-ring (bicyclic) bond motifs is 1. The third-order valence-corrected chi connectivity index (χ3v) is 7.50. The lowest BCUT2D eigenvalue weighted by Gasteiger charge is -2.38. The summed E-state index contributed by atoms with van der Waals surface area (Å²) in [5.74, 6) is 0.198. The monoisotopic (exact) mass is 394 g/mol. The molecule has 5 heteroatoms. The molecule has 0 spiro atoms. The number of nitrogens with zero attached hydrogens (tertiary/aromatic N) is 4. The second-order valence-corrected chi connectivity index (χ2v) is 9.10. The first-order valence-electron chi connectivity index (χ1n) is 11.6. The average molecular weight is 395 g/mol. The number of aromatic nitrogens is 1. The molecular formula is C24H34N4O. The number of benzene rings is 1. The zero-order valence-electron chi connectivity index (χ0n) is 17.7. The van der Waals surface area contributed by atoms with Crippen LogP contribution in [0.1, 0.15) is 55.4 Å². The quantitative estimate of drug-likeness (QED) is 0.794. The van der Waals surface area contributed by atoms with E-state index in [9.17, 15) is 4.79 Å². The Morgan fingerprint density at radius 3 is 2.48 bits per heavy atom. The minimum Gasteiger partial charge on any atom is -0.343 e. The van der Waals surface area contributed by atoms with Gasteiger partial charge in [0.05, 0.1) is 0 Å². The normalized spacial score (nSPS) is 24.7. The summed E-state index contributed by atoms with van der Waals surface area (Å²) in [4.78, 5) is 20.3. The van der Waals surface area contributed by atoms with Crippen molar-refractivity contribution >= 4 is 16.8 Å². The van der Waals surface area contributed by atoms with Crippen LogP contribution in [0.4, 0.5) is 0 Å². The number of likely N-dealkylation sites (tertiary alicyclic amines) is 1. The maximum atomic E-state index is 13.1. The predicted octanol–water partition coefficient (Wildman–Crippen LogP) is 3.61. The van der Waals surface area contributed by atoms with Crippen LogP contribution < -0.4 is 0 Å². The zero-order chi connectivity index (χ0) is 19.8. The summed E-state index contributed by atoms with van der Waals surface area (Å²) in [6.45, 7) is 9.47. The van der Waals surface area contributed by atoms with Gasteiger partial charge in [-0.3, -0.25) is 9.69 Å². The number of rotatable bonds is 4. The van der Waals surface area contributed by atoms with Crippen LogP contribution >= 0.6 is 0 Å². The van der Waals surface area contributed by atoms with Crippen molar-refractivity contribution in [3.63, 3.8) is 0 Å². The van der Waals surface area contributed by atoms with Gasteiger partial charge in [0.25, 0.3) is 5.91 Å². The van der Waals surface area contributed by atoms with Crippen molar-refractivity contribution in [1.82, 2.24) is 19.3 Å². The fraction of sp³-hybridized carbons (Fsp3) is 0.625. The third kappa shape index (κ3) is 3.71. The van der Waals surface area contributed by atoms with E-state index < -0.39 is 0 Å². The molecule has 0 radical (unpaired) electrons. The number of hydrogen-bond donors (Lipinski definition) is 0. The third-order valence-electron chi connectivity index (χ3n) is 7.50. The Morgan fingerprint density at radius 1 is 0.966 bits per heavy atom. The molecule has 1 aromatic carbocycles. The first kappa shape index (κ1) is 19.1. The van der Waals surface area contributed by atoms with E-state index in [4.69, 9.17) is 0 Å². The highest BCUT2D eigenvalue weighted by atomic mass is 16.2. The van der Waals surface area contributed by atoms with Crippen LogP contribution in [-0.4, -0.2) is 77.0 Å². The maximum Gasteiger partial charge on any atom is 0.253 e. The van der Waals surface area contributed by atoms with Crippen LogP contribution in [-0.2, 0) is 0 Å². The van der Waals surface area contributed by atoms with E-state index >= 15 is 0 Å². The van der Waals surface area contributed by atoms with Crippen molar-refractivity contribution < 1.29 is 4.79 Å². The molecule has 2 saturated heterocycles. The first-order chi connectivity index (χ1) is 14.2. The number of carbonyl (C=O) groups is 1. The Kier molecular flexibility index (Phi) is 5.35. The molecule has 3 aliphatic rings. The SMILES string of the molecule is CCN1CCC(n2ccc3cc(C(=O)N4CCN(C5CCCC5)CC4)ccc32)C1. The Balaban J connectivity index is 1.26. The van der Waals surface area contributed by atoms with Crippen LogP contribution in [0.5, 0.6) is 0 Å². The lowest BCUT2D eigenvalue weighted by molar-refractivity contribution is 0.0573. The molecule has 29 heavy (non-hydrogen) atoms. The van der Waals surface area contributed by atoms with Gasteiger partial charge in [0.1, 0.15) is 0 Å². The van der Waals surface area contributed by atoms with Gasteiger partial charge in [-0.15, -0.1) is 0 Å². The number of likely N-dealkylation sites (N-methyl/N-ethyl adjacent to an activating group) is 1. The molecule has 156 valence electrons. The number of amides is 1. The molecule has 1 atom stereocenters. The van der Waals surface area contributed by atoms with Gasteiger partial charge in [0.2, 0.25) is 0 Å². The van der Waals surface area contributed by atoms with E-state index in [1.807, 2.05) is 6.07 Å². The summed E-state index contributed by atoms with van der Waals surface area (Å²) in [7, 11) is 0. The minimum atomic E-state index is 0.198. The van der Waals surface area contributed by atoms with Crippen molar-refractivity contribution in [2.75, 3.05) is 45.8 Å². The largest absolute Gasteiger partial charge is 0.343 e. The Morgan fingerprint density at radius 2 is 1.76 bits per heavy atom. The van der Waals surface area contributed by atoms with Crippen molar-refractivity contribution in [1.29, 1.82) is 0 Å². The van der Waals surface area contributed by atoms with E-state index in [1.165, 1.54) is 49.6 Å². The van der Waals surface area contributed by atoms with Gasteiger partial charge < -0.3 is 14.4 Å². The van der Waals surface area contributed by atoms with Crippen molar-refractivity contribution in [3.05, 3.63) is 36.0 Å². The molecule has 1 saturated carbocycles. The van der Waals surface area contributed by atoms with E-state index in [0.29, 0.717) is 6.04 Å². The fourth-order valence-corrected chi connectivity index (χ4v) is 5.68. The van der Waals surface area contributed by atoms with Crippen LogP contribution in [0.25, 0.3) is 10.9 Å². The Hall–Kier alpha value is -1.85. The molecular weight excluding hydrogens is 360 g/mol. The van der Waals surface area contributed by atoms with Crippen molar-refractivity contribution in [2.45, 2.75) is 51.1 Å². The highest BCUT2D eigenvalue weighted by Gasteiger charge is 2.28. The lowest BCUT2D eigenvalue weighted by Crippen LogP contribution is -2.51.